The maximum absolute atomic E-state index is 12.9. The van der Waals surface area contributed by atoms with E-state index in [9.17, 15) is 13.2 Å². The van der Waals surface area contributed by atoms with Crippen LogP contribution in [0.15, 0.2) is 17.0 Å². The monoisotopic (exact) mass is 342 g/mol. The lowest BCUT2D eigenvalue weighted by Crippen LogP contribution is -2.09. The summed E-state index contributed by atoms with van der Waals surface area (Å²) in [6.07, 6.45) is -1.68. The first-order chi connectivity index (χ1) is 10.8. The summed E-state index contributed by atoms with van der Waals surface area (Å²) in [5.41, 5.74) is 2.71. The molecule has 0 unspecified atom stereocenters. The van der Waals surface area contributed by atoms with Crippen molar-refractivity contribution in [3.8, 4) is 5.69 Å². The van der Waals surface area contributed by atoms with Crippen LogP contribution >= 0.6 is 12.6 Å². The van der Waals surface area contributed by atoms with Gasteiger partial charge in [-0.2, -0.15) is 22.8 Å². The van der Waals surface area contributed by atoms with Crippen LogP contribution in [-0.4, -0.2) is 21.8 Å². The second kappa shape index (κ2) is 5.74. The van der Waals surface area contributed by atoms with Crippen LogP contribution < -0.4 is 5.32 Å². The molecule has 0 aliphatic heterocycles. The number of alkyl halides is 3. The molecule has 0 radical (unpaired) electrons. The third-order valence-electron chi connectivity index (χ3n) is 3.94. The summed E-state index contributed by atoms with van der Waals surface area (Å²) in [7, 11) is 1.53. The normalized spacial score (nSPS) is 15.0. The van der Waals surface area contributed by atoms with Crippen LogP contribution in [0.3, 0.4) is 0 Å². The molecule has 1 N–H and O–H groups in total. The summed E-state index contributed by atoms with van der Waals surface area (Å²) in [4.78, 5) is 4.31. The number of nitrogens with zero attached hydrogens (tertiary/aromatic N) is 3. The topological polar surface area (TPSA) is 42.7 Å². The quantitative estimate of drug-likeness (QED) is 0.824. The largest absolute Gasteiger partial charge is 0.453 e. The van der Waals surface area contributed by atoms with Crippen molar-refractivity contribution in [2.75, 3.05) is 12.4 Å². The molecular formula is C15H17F3N4S. The Morgan fingerprint density at radius 1 is 1.35 bits per heavy atom. The number of aryl methyl sites for hydroxylation is 1. The number of thiol groups is 1. The predicted octanol–water partition coefficient (Wildman–Crippen LogP) is 4.06. The van der Waals surface area contributed by atoms with Gasteiger partial charge in [-0.1, -0.05) is 13.0 Å². The third kappa shape index (κ3) is 3.04. The Balaban J connectivity index is 2.18. The minimum Gasteiger partial charge on any atom is -0.357 e. The number of nitrogens with one attached hydrogen (secondary N) is 1. The van der Waals surface area contributed by atoms with Gasteiger partial charge in [-0.25, -0.2) is 0 Å². The molecule has 23 heavy (non-hydrogen) atoms. The Bertz CT molecular complexity index is 735. The highest BCUT2D eigenvalue weighted by Crippen LogP contribution is 2.44. The van der Waals surface area contributed by atoms with E-state index in [4.69, 9.17) is 0 Å². The molecule has 1 aromatic heterocycles. The minimum atomic E-state index is -4.58. The lowest BCUT2D eigenvalue weighted by atomic mass is 10.0. The van der Waals surface area contributed by atoms with Crippen LogP contribution in [0.5, 0.6) is 0 Å². The van der Waals surface area contributed by atoms with Gasteiger partial charge in [0.1, 0.15) is 0 Å². The van der Waals surface area contributed by atoms with Gasteiger partial charge in [-0.05, 0) is 42.4 Å². The molecule has 1 heterocycles. The molecule has 3 rings (SSSR count). The molecule has 1 saturated carbocycles. The smallest absolute Gasteiger partial charge is 0.357 e. The van der Waals surface area contributed by atoms with Gasteiger partial charge in [0.05, 0.1) is 5.69 Å². The first-order valence-corrected chi connectivity index (χ1v) is 7.88. The Morgan fingerprint density at radius 3 is 2.57 bits per heavy atom. The lowest BCUT2D eigenvalue weighted by Gasteiger charge is -2.14. The van der Waals surface area contributed by atoms with Gasteiger partial charge in [-0.3, -0.25) is 0 Å². The van der Waals surface area contributed by atoms with E-state index < -0.39 is 12.0 Å². The Morgan fingerprint density at radius 2 is 2.04 bits per heavy atom. The van der Waals surface area contributed by atoms with Gasteiger partial charge in [0.15, 0.2) is 0 Å². The number of aromatic nitrogens is 3. The van der Waals surface area contributed by atoms with Gasteiger partial charge in [0, 0.05) is 11.9 Å². The summed E-state index contributed by atoms with van der Waals surface area (Å²) in [6.45, 7) is 2.03. The number of halogens is 3. The van der Waals surface area contributed by atoms with Crippen LogP contribution in [0.1, 0.15) is 42.6 Å². The molecule has 124 valence electrons. The van der Waals surface area contributed by atoms with Gasteiger partial charge < -0.3 is 5.32 Å². The van der Waals surface area contributed by atoms with Crippen molar-refractivity contribution in [2.45, 2.75) is 43.2 Å². The van der Waals surface area contributed by atoms with E-state index in [1.165, 1.54) is 11.7 Å². The average Bonchev–Trinajstić information content (AvgIpc) is 3.23. The molecule has 0 spiro atoms. The fourth-order valence-corrected chi connectivity index (χ4v) is 2.94. The summed E-state index contributed by atoms with van der Waals surface area (Å²) in [5.74, 6) is -0.715. The highest BCUT2D eigenvalue weighted by Gasteiger charge is 2.38. The first-order valence-electron chi connectivity index (χ1n) is 7.43. The molecule has 0 saturated heterocycles. The van der Waals surface area contributed by atoms with Crippen molar-refractivity contribution in [2.24, 2.45) is 0 Å². The van der Waals surface area contributed by atoms with Crippen molar-refractivity contribution >= 4 is 18.6 Å². The summed E-state index contributed by atoms with van der Waals surface area (Å²) in [5, 5.41) is 6.36. The van der Waals surface area contributed by atoms with Crippen molar-refractivity contribution in [3.05, 3.63) is 29.1 Å². The predicted molar refractivity (Wildman–Crippen MR) is 84.5 cm³/mol. The van der Waals surface area contributed by atoms with Crippen molar-refractivity contribution in [3.63, 3.8) is 0 Å². The SMILES string of the molecule is CCc1cc(C2CC2)c(-n2nc(C(F)(F)F)nc2NC)cc1S. The molecule has 1 aromatic carbocycles. The summed E-state index contributed by atoms with van der Waals surface area (Å²) in [6, 6.07) is 3.81. The van der Waals surface area contributed by atoms with Crippen molar-refractivity contribution in [1.82, 2.24) is 14.8 Å². The highest BCUT2D eigenvalue weighted by molar-refractivity contribution is 7.80. The average molecular weight is 342 g/mol. The zero-order valence-corrected chi connectivity index (χ0v) is 13.7. The minimum absolute atomic E-state index is 0.0659. The molecule has 4 nitrogen and oxygen atoms in total. The summed E-state index contributed by atoms with van der Waals surface area (Å²) >= 11 is 4.46. The first kappa shape index (κ1) is 16.2. The van der Waals surface area contributed by atoms with E-state index in [1.807, 2.05) is 13.0 Å². The molecule has 1 aliphatic carbocycles. The number of hydrogen-bond donors (Lipinski definition) is 2. The fourth-order valence-electron chi connectivity index (χ4n) is 2.59. The van der Waals surface area contributed by atoms with Gasteiger partial charge in [-0.15, -0.1) is 17.7 Å². The van der Waals surface area contributed by atoms with E-state index in [-0.39, 0.29) is 5.95 Å². The number of anilines is 1. The van der Waals surface area contributed by atoms with Crippen LogP contribution in [0, 0.1) is 0 Å². The molecule has 0 bridgehead atoms. The van der Waals surface area contributed by atoms with Crippen molar-refractivity contribution in [1.29, 1.82) is 0 Å². The van der Waals surface area contributed by atoms with Gasteiger partial charge in [0.25, 0.3) is 5.82 Å². The molecule has 1 fully saturated rings. The Labute approximate surface area is 137 Å². The van der Waals surface area contributed by atoms with Crippen LogP contribution in [0.25, 0.3) is 5.69 Å². The number of hydrogen-bond acceptors (Lipinski definition) is 4. The molecular weight excluding hydrogens is 325 g/mol. The highest BCUT2D eigenvalue weighted by atomic mass is 32.1. The second-order valence-electron chi connectivity index (χ2n) is 5.59. The fraction of sp³-hybridized carbons (Fsp3) is 0.467. The molecule has 8 heteroatoms. The molecule has 2 aromatic rings. The van der Waals surface area contributed by atoms with Crippen LogP contribution in [-0.2, 0) is 12.6 Å². The second-order valence-corrected chi connectivity index (χ2v) is 6.07. The van der Waals surface area contributed by atoms with Crippen LogP contribution in [0.4, 0.5) is 19.1 Å². The standard InChI is InChI=1S/C15H17F3N4S/c1-3-8-6-10(9-4-5-9)11(7-12(8)23)22-14(19-2)20-13(21-22)15(16,17)18/h6-7,9,23H,3-5H2,1-2H3,(H,19,20,21). The van der Waals surface area contributed by atoms with Gasteiger partial charge in [0.2, 0.25) is 5.95 Å². The van der Waals surface area contributed by atoms with E-state index in [1.54, 1.807) is 6.07 Å². The van der Waals surface area contributed by atoms with E-state index in [0.29, 0.717) is 11.6 Å². The van der Waals surface area contributed by atoms with E-state index in [0.717, 1.165) is 35.3 Å². The van der Waals surface area contributed by atoms with Crippen molar-refractivity contribution < 1.29 is 13.2 Å². The Kier molecular flexibility index (Phi) is 4.03. The molecule has 0 atom stereocenters. The van der Waals surface area contributed by atoms with Crippen LogP contribution in [0.2, 0.25) is 0 Å². The third-order valence-corrected chi connectivity index (χ3v) is 4.35. The maximum Gasteiger partial charge on any atom is 0.453 e. The van der Waals surface area contributed by atoms with E-state index >= 15 is 0 Å². The molecule has 0 amide bonds. The zero-order chi connectivity index (χ0) is 16.8. The zero-order valence-electron chi connectivity index (χ0n) is 12.8. The Hall–Kier alpha value is -1.70. The van der Waals surface area contributed by atoms with Gasteiger partial charge >= 0.3 is 6.18 Å². The lowest BCUT2D eigenvalue weighted by molar-refractivity contribution is -0.144. The number of rotatable bonds is 4. The molecule has 1 aliphatic rings. The number of benzene rings is 1. The summed E-state index contributed by atoms with van der Waals surface area (Å²) < 4.78 is 40.0. The maximum atomic E-state index is 12.9. The van der Waals surface area contributed by atoms with E-state index in [2.05, 4.69) is 28.0 Å².